The minimum Gasteiger partial charge on any atom is -0.489 e. The average molecular weight is 410 g/mol. The van der Waals surface area contributed by atoms with Crippen molar-refractivity contribution in [3.63, 3.8) is 0 Å². The van der Waals surface area contributed by atoms with Crippen molar-refractivity contribution in [2.75, 3.05) is 0 Å². The molecule has 2 aromatic carbocycles. The highest BCUT2D eigenvalue weighted by Crippen LogP contribution is 2.33. The predicted molar refractivity (Wildman–Crippen MR) is 117 cm³/mol. The highest BCUT2D eigenvalue weighted by atomic mass is 32.1. The zero-order valence-electron chi connectivity index (χ0n) is 17.4. The number of nitrogens with zero attached hydrogens (tertiary/aromatic N) is 1. The number of thiazole rings is 1. The number of esters is 1. The number of rotatable bonds is 8. The van der Waals surface area contributed by atoms with Gasteiger partial charge in [-0.15, -0.1) is 11.3 Å². The molecule has 0 aliphatic heterocycles. The van der Waals surface area contributed by atoms with E-state index in [0.717, 1.165) is 32.5 Å². The van der Waals surface area contributed by atoms with Gasteiger partial charge in [0.15, 0.2) is 0 Å². The Labute approximate surface area is 176 Å². The molecule has 3 aromatic rings. The number of hydrogen-bond donors (Lipinski definition) is 0. The standard InChI is InChI=1S/C24H27NO3S/c1-5-22(26)28-15-21-23(16(2)3)25-24(29-21)19-10-12-20(13-11-19)27-14-18-8-6-17(4)7-9-18/h6-13,16H,5,14-15H2,1-4H3. The maximum atomic E-state index is 11.5. The fourth-order valence-corrected chi connectivity index (χ4v) is 3.97. The lowest BCUT2D eigenvalue weighted by atomic mass is 10.1. The summed E-state index contributed by atoms with van der Waals surface area (Å²) in [6.07, 6.45) is 0.382. The van der Waals surface area contributed by atoms with Gasteiger partial charge in [-0.2, -0.15) is 0 Å². The van der Waals surface area contributed by atoms with Crippen LogP contribution in [0.4, 0.5) is 0 Å². The summed E-state index contributed by atoms with van der Waals surface area (Å²) < 4.78 is 11.2. The van der Waals surface area contributed by atoms with Gasteiger partial charge in [-0.05, 0) is 42.7 Å². The fraction of sp³-hybridized carbons (Fsp3) is 0.333. The summed E-state index contributed by atoms with van der Waals surface area (Å²) in [5, 5.41) is 0.932. The molecule has 4 nitrogen and oxygen atoms in total. The SMILES string of the molecule is CCC(=O)OCc1sc(-c2ccc(OCc3ccc(C)cc3)cc2)nc1C(C)C. The molecule has 0 atom stereocenters. The van der Waals surface area contributed by atoms with E-state index in [0.29, 0.717) is 13.0 Å². The van der Waals surface area contributed by atoms with Gasteiger partial charge in [0.1, 0.15) is 24.0 Å². The molecule has 0 spiro atoms. The van der Waals surface area contributed by atoms with Crippen LogP contribution in [0.1, 0.15) is 54.8 Å². The second-order valence-electron chi connectivity index (χ2n) is 7.30. The highest BCUT2D eigenvalue weighted by molar-refractivity contribution is 7.15. The largest absolute Gasteiger partial charge is 0.489 e. The zero-order chi connectivity index (χ0) is 20.8. The van der Waals surface area contributed by atoms with Crippen LogP contribution in [-0.2, 0) is 22.7 Å². The molecule has 5 heteroatoms. The maximum absolute atomic E-state index is 11.5. The van der Waals surface area contributed by atoms with Crippen molar-refractivity contribution in [1.82, 2.24) is 4.98 Å². The molecule has 3 rings (SSSR count). The van der Waals surface area contributed by atoms with Crippen LogP contribution >= 0.6 is 11.3 Å². The topological polar surface area (TPSA) is 48.4 Å². The van der Waals surface area contributed by atoms with Crippen molar-refractivity contribution in [1.29, 1.82) is 0 Å². The molecular formula is C24H27NO3S. The van der Waals surface area contributed by atoms with Crippen LogP contribution in [0.3, 0.4) is 0 Å². The summed E-state index contributed by atoms with van der Waals surface area (Å²) in [7, 11) is 0. The molecule has 0 bridgehead atoms. The van der Waals surface area contributed by atoms with Gasteiger partial charge in [-0.25, -0.2) is 4.98 Å². The number of carbonyl (C=O) groups is 1. The smallest absolute Gasteiger partial charge is 0.305 e. The van der Waals surface area contributed by atoms with Crippen molar-refractivity contribution < 1.29 is 14.3 Å². The molecule has 0 N–H and O–H groups in total. The Morgan fingerprint density at radius 3 is 2.34 bits per heavy atom. The van der Waals surface area contributed by atoms with E-state index in [1.165, 1.54) is 5.56 Å². The molecule has 0 fully saturated rings. The monoisotopic (exact) mass is 409 g/mol. The van der Waals surface area contributed by atoms with Gasteiger partial charge in [-0.3, -0.25) is 4.79 Å². The van der Waals surface area contributed by atoms with Crippen molar-refractivity contribution in [3.8, 4) is 16.3 Å². The van der Waals surface area contributed by atoms with E-state index in [2.05, 4.69) is 45.0 Å². The molecule has 0 unspecified atom stereocenters. The van der Waals surface area contributed by atoms with Gasteiger partial charge in [-0.1, -0.05) is 50.6 Å². The molecule has 152 valence electrons. The lowest BCUT2D eigenvalue weighted by molar-refractivity contribution is -0.144. The predicted octanol–water partition coefficient (Wildman–Crippen LogP) is 6.27. The number of ether oxygens (including phenoxy) is 2. The molecule has 29 heavy (non-hydrogen) atoms. The minimum absolute atomic E-state index is 0.190. The first kappa shape index (κ1) is 21.1. The number of carbonyl (C=O) groups excluding carboxylic acids is 1. The van der Waals surface area contributed by atoms with Crippen molar-refractivity contribution in [2.45, 2.75) is 53.2 Å². The number of aromatic nitrogens is 1. The highest BCUT2D eigenvalue weighted by Gasteiger charge is 2.16. The van der Waals surface area contributed by atoms with E-state index < -0.39 is 0 Å². The van der Waals surface area contributed by atoms with Crippen LogP contribution < -0.4 is 4.74 Å². The molecule has 0 saturated carbocycles. The van der Waals surface area contributed by atoms with Crippen molar-refractivity contribution in [3.05, 3.63) is 70.2 Å². The van der Waals surface area contributed by atoms with Gasteiger partial charge in [0, 0.05) is 12.0 Å². The Kier molecular flexibility index (Phi) is 7.04. The van der Waals surface area contributed by atoms with E-state index in [-0.39, 0.29) is 18.5 Å². The van der Waals surface area contributed by atoms with Crippen LogP contribution in [0.5, 0.6) is 5.75 Å². The van der Waals surface area contributed by atoms with Gasteiger partial charge >= 0.3 is 5.97 Å². The Bertz CT molecular complexity index is 943. The van der Waals surface area contributed by atoms with E-state index in [9.17, 15) is 4.79 Å². The quantitative estimate of drug-likeness (QED) is 0.411. The molecule has 0 amide bonds. The first-order valence-corrected chi connectivity index (χ1v) is 10.7. The van der Waals surface area contributed by atoms with Crippen LogP contribution in [0.15, 0.2) is 48.5 Å². The third kappa shape index (κ3) is 5.67. The first-order chi connectivity index (χ1) is 14.0. The third-order valence-corrected chi connectivity index (χ3v) is 5.65. The van der Waals surface area contributed by atoms with E-state index in [4.69, 9.17) is 14.5 Å². The lowest BCUT2D eigenvalue weighted by Gasteiger charge is -2.07. The van der Waals surface area contributed by atoms with Crippen LogP contribution in [0.2, 0.25) is 0 Å². The van der Waals surface area contributed by atoms with Gasteiger partial charge in [0.25, 0.3) is 0 Å². The lowest BCUT2D eigenvalue weighted by Crippen LogP contribution is -2.03. The third-order valence-electron chi connectivity index (χ3n) is 4.55. The Morgan fingerprint density at radius 2 is 1.72 bits per heavy atom. The molecule has 1 heterocycles. The molecule has 0 radical (unpaired) electrons. The average Bonchev–Trinajstić information content (AvgIpc) is 3.16. The number of hydrogen-bond acceptors (Lipinski definition) is 5. The first-order valence-electron chi connectivity index (χ1n) is 9.90. The normalized spacial score (nSPS) is 10.9. The number of benzene rings is 2. The van der Waals surface area contributed by atoms with E-state index >= 15 is 0 Å². The second kappa shape index (κ2) is 9.70. The summed E-state index contributed by atoms with van der Waals surface area (Å²) in [5.74, 6) is 0.907. The zero-order valence-corrected chi connectivity index (χ0v) is 18.2. The van der Waals surface area contributed by atoms with Gasteiger partial charge in [0.2, 0.25) is 0 Å². The summed E-state index contributed by atoms with van der Waals surface area (Å²) in [6, 6.07) is 16.3. The summed E-state index contributed by atoms with van der Waals surface area (Å²) >= 11 is 1.58. The summed E-state index contributed by atoms with van der Waals surface area (Å²) in [4.78, 5) is 17.3. The molecule has 0 saturated heterocycles. The van der Waals surface area contributed by atoms with E-state index in [1.807, 2.05) is 24.3 Å². The van der Waals surface area contributed by atoms with Gasteiger partial charge in [0.05, 0.1) is 10.6 Å². The maximum Gasteiger partial charge on any atom is 0.305 e. The van der Waals surface area contributed by atoms with Gasteiger partial charge < -0.3 is 9.47 Å². The van der Waals surface area contributed by atoms with Crippen molar-refractivity contribution in [2.24, 2.45) is 0 Å². The van der Waals surface area contributed by atoms with Crippen LogP contribution in [0, 0.1) is 6.92 Å². The van der Waals surface area contributed by atoms with Crippen LogP contribution in [0.25, 0.3) is 10.6 Å². The number of aryl methyl sites for hydroxylation is 1. The Balaban J connectivity index is 1.69. The Morgan fingerprint density at radius 1 is 1.03 bits per heavy atom. The molecular weight excluding hydrogens is 382 g/mol. The van der Waals surface area contributed by atoms with E-state index in [1.54, 1.807) is 18.3 Å². The molecule has 0 aliphatic rings. The fourth-order valence-electron chi connectivity index (χ4n) is 2.83. The summed E-state index contributed by atoms with van der Waals surface area (Å²) in [6.45, 7) is 8.91. The molecule has 1 aromatic heterocycles. The summed E-state index contributed by atoms with van der Waals surface area (Å²) in [5.41, 5.74) is 4.42. The minimum atomic E-state index is -0.190. The van der Waals surface area contributed by atoms with Crippen LogP contribution in [-0.4, -0.2) is 11.0 Å². The second-order valence-corrected chi connectivity index (χ2v) is 8.38. The Hall–Kier alpha value is -2.66. The molecule has 0 aliphatic carbocycles. The van der Waals surface area contributed by atoms with Crippen molar-refractivity contribution >= 4 is 17.3 Å².